The van der Waals surface area contributed by atoms with Crippen molar-refractivity contribution in [3.63, 3.8) is 0 Å². The van der Waals surface area contributed by atoms with Gasteiger partial charge >= 0.3 is 0 Å². The van der Waals surface area contributed by atoms with Crippen molar-refractivity contribution < 1.29 is 24.2 Å². The Bertz CT molecular complexity index is 1360. The predicted molar refractivity (Wildman–Crippen MR) is 152 cm³/mol. The molecule has 0 spiro atoms. The zero-order valence-corrected chi connectivity index (χ0v) is 23.2. The van der Waals surface area contributed by atoms with Gasteiger partial charge in [-0.05, 0) is 101 Å². The van der Waals surface area contributed by atoms with Gasteiger partial charge in [0, 0.05) is 12.1 Å². The number of carbonyl (C=O) groups is 2. The Labute approximate surface area is 230 Å². The Morgan fingerprint density at radius 3 is 2.36 bits per heavy atom. The Kier molecular flexibility index (Phi) is 8.72. The number of hydrogen-bond acceptors (Lipinski definition) is 6. The SMILES string of the molecule is Cc1cc(C(O)=C2C(=O)C(=O)N(CCCN(C)C)[C@@H]2c2cccc(Oc3ccccc3)c2)ccc1OC(C)C. The molecule has 0 saturated carbocycles. The van der Waals surface area contributed by atoms with E-state index in [1.165, 1.54) is 0 Å². The van der Waals surface area contributed by atoms with Crippen molar-refractivity contribution in [1.29, 1.82) is 0 Å². The molecule has 0 aliphatic carbocycles. The molecular weight excluding hydrogens is 492 g/mol. The van der Waals surface area contributed by atoms with Crippen LogP contribution in [0.15, 0.2) is 78.4 Å². The Morgan fingerprint density at radius 2 is 1.69 bits per heavy atom. The van der Waals surface area contributed by atoms with Crippen LogP contribution in [0, 0.1) is 6.92 Å². The third kappa shape index (κ3) is 6.49. The van der Waals surface area contributed by atoms with Crippen LogP contribution in [-0.2, 0) is 9.59 Å². The van der Waals surface area contributed by atoms with Crippen LogP contribution in [0.25, 0.3) is 5.76 Å². The molecule has 4 rings (SSSR count). The topological polar surface area (TPSA) is 79.3 Å². The lowest BCUT2D eigenvalue weighted by Gasteiger charge is -2.26. The summed E-state index contributed by atoms with van der Waals surface area (Å²) in [6.45, 7) is 6.90. The lowest BCUT2D eigenvalue weighted by atomic mass is 9.94. The molecule has 1 saturated heterocycles. The number of benzene rings is 3. The summed E-state index contributed by atoms with van der Waals surface area (Å²) in [5.41, 5.74) is 2.03. The second-order valence-electron chi connectivity index (χ2n) is 10.3. The van der Waals surface area contributed by atoms with Crippen LogP contribution >= 0.6 is 0 Å². The first-order valence-electron chi connectivity index (χ1n) is 13.2. The standard InChI is InChI=1S/C32H36N2O5/c1-21(2)38-27-16-15-24(19-22(27)3)30(35)28-29(34(32(37)31(28)36)18-10-17-33(4)5)23-11-9-14-26(20-23)39-25-12-7-6-8-13-25/h6-9,11-16,19-21,29,35H,10,17-18H2,1-5H3/t29-/m1/s1. The minimum atomic E-state index is -0.751. The van der Waals surface area contributed by atoms with Crippen molar-refractivity contribution in [2.45, 2.75) is 39.3 Å². The first kappa shape index (κ1) is 27.9. The smallest absolute Gasteiger partial charge is 0.295 e. The summed E-state index contributed by atoms with van der Waals surface area (Å²) in [4.78, 5) is 30.3. The molecule has 3 aromatic rings. The molecule has 204 valence electrons. The van der Waals surface area contributed by atoms with Crippen molar-refractivity contribution in [1.82, 2.24) is 9.80 Å². The molecule has 0 radical (unpaired) electrons. The average molecular weight is 529 g/mol. The Balaban J connectivity index is 1.77. The van der Waals surface area contributed by atoms with Crippen molar-refractivity contribution >= 4 is 17.4 Å². The molecule has 0 bridgehead atoms. The van der Waals surface area contributed by atoms with Crippen LogP contribution in [0.5, 0.6) is 17.2 Å². The lowest BCUT2D eigenvalue weighted by Crippen LogP contribution is -2.32. The highest BCUT2D eigenvalue weighted by Crippen LogP contribution is 2.41. The van der Waals surface area contributed by atoms with E-state index in [0.717, 1.165) is 12.1 Å². The maximum atomic E-state index is 13.4. The van der Waals surface area contributed by atoms with E-state index in [4.69, 9.17) is 9.47 Å². The molecule has 1 fully saturated rings. The summed E-state index contributed by atoms with van der Waals surface area (Å²) in [6.07, 6.45) is 0.679. The summed E-state index contributed by atoms with van der Waals surface area (Å²) in [7, 11) is 3.93. The van der Waals surface area contributed by atoms with E-state index in [9.17, 15) is 14.7 Å². The molecule has 3 aromatic carbocycles. The van der Waals surface area contributed by atoms with Crippen molar-refractivity contribution in [3.05, 3.63) is 95.1 Å². The van der Waals surface area contributed by atoms with E-state index < -0.39 is 17.7 Å². The molecule has 7 heteroatoms. The largest absolute Gasteiger partial charge is 0.507 e. The highest BCUT2D eigenvalue weighted by molar-refractivity contribution is 6.46. The Morgan fingerprint density at radius 1 is 0.974 bits per heavy atom. The highest BCUT2D eigenvalue weighted by Gasteiger charge is 2.46. The zero-order valence-electron chi connectivity index (χ0n) is 23.2. The van der Waals surface area contributed by atoms with E-state index in [0.29, 0.717) is 41.3 Å². The molecule has 1 heterocycles. The van der Waals surface area contributed by atoms with E-state index in [2.05, 4.69) is 0 Å². The van der Waals surface area contributed by atoms with Gasteiger partial charge in [-0.2, -0.15) is 0 Å². The average Bonchev–Trinajstić information content (AvgIpc) is 3.15. The summed E-state index contributed by atoms with van der Waals surface area (Å²) in [6, 6.07) is 21.2. The van der Waals surface area contributed by atoms with Gasteiger partial charge in [0.25, 0.3) is 11.7 Å². The number of ketones is 1. The maximum Gasteiger partial charge on any atom is 0.295 e. The molecule has 1 N–H and O–H groups in total. The van der Waals surface area contributed by atoms with Gasteiger partial charge in [-0.15, -0.1) is 0 Å². The number of ether oxygens (including phenoxy) is 2. The summed E-state index contributed by atoms with van der Waals surface area (Å²) in [5, 5.41) is 11.5. The highest BCUT2D eigenvalue weighted by atomic mass is 16.5. The normalized spacial score (nSPS) is 16.8. The van der Waals surface area contributed by atoms with Gasteiger partial charge in [-0.3, -0.25) is 9.59 Å². The van der Waals surface area contributed by atoms with Crippen LogP contribution < -0.4 is 9.47 Å². The summed E-state index contributed by atoms with van der Waals surface area (Å²) in [5.74, 6) is 0.426. The minimum absolute atomic E-state index is 0.000943. The number of aliphatic hydroxyl groups is 1. The number of hydrogen-bond donors (Lipinski definition) is 1. The van der Waals surface area contributed by atoms with Crippen molar-refractivity contribution in [2.24, 2.45) is 0 Å². The second kappa shape index (κ2) is 12.2. The molecule has 1 atom stereocenters. The van der Waals surface area contributed by atoms with Gasteiger partial charge in [0.05, 0.1) is 17.7 Å². The van der Waals surface area contributed by atoms with Crippen molar-refractivity contribution in [3.8, 4) is 17.2 Å². The van der Waals surface area contributed by atoms with Crippen LogP contribution in [0.4, 0.5) is 0 Å². The van der Waals surface area contributed by atoms with E-state index >= 15 is 0 Å². The summed E-state index contributed by atoms with van der Waals surface area (Å²) >= 11 is 0. The van der Waals surface area contributed by atoms with Crippen LogP contribution in [0.2, 0.25) is 0 Å². The number of carbonyl (C=O) groups excluding carboxylic acids is 2. The van der Waals surface area contributed by atoms with Crippen LogP contribution in [-0.4, -0.2) is 59.9 Å². The van der Waals surface area contributed by atoms with Gasteiger partial charge in [-0.1, -0.05) is 30.3 Å². The molecule has 0 aromatic heterocycles. The molecule has 1 amide bonds. The molecule has 0 unspecified atom stereocenters. The Hall–Kier alpha value is -4.10. The number of amides is 1. The number of para-hydroxylation sites is 1. The maximum absolute atomic E-state index is 13.4. The molecule has 7 nitrogen and oxygen atoms in total. The second-order valence-corrected chi connectivity index (χ2v) is 10.3. The first-order valence-corrected chi connectivity index (χ1v) is 13.2. The fourth-order valence-corrected chi connectivity index (χ4v) is 4.73. The minimum Gasteiger partial charge on any atom is -0.507 e. The van der Waals surface area contributed by atoms with Gasteiger partial charge in [0.15, 0.2) is 0 Å². The van der Waals surface area contributed by atoms with E-state index in [1.54, 1.807) is 23.1 Å². The molecule has 39 heavy (non-hydrogen) atoms. The van der Waals surface area contributed by atoms with E-state index in [-0.39, 0.29) is 17.4 Å². The van der Waals surface area contributed by atoms with Crippen LogP contribution in [0.1, 0.15) is 43.0 Å². The number of aryl methyl sites for hydroxylation is 1. The van der Waals surface area contributed by atoms with Crippen molar-refractivity contribution in [2.75, 3.05) is 27.2 Å². The third-order valence-corrected chi connectivity index (χ3v) is 6.51. The molecular formula is C32H36N2O5. The quantitative estimate of drug-likeness (QED) is 0.199. The number of Topliss-reactive ketones (excluding diaryl/α,β-unsaturated/α-hetero) is 1. The summed E-state index contributed by atoms with van der Waals surface area (Å²) < 4.78 is 11.9. The number of rotatable bonds is 10. The molecule has 1 aliphatic heterocycles. The number of aliphatic hydroxyl groups excluding tert-OH is 1. The predicted octanol–water partition coefficient (Wildman–Crippen LogP) is 5.95. The van der Waals surface area contributed by atoms with Gasteiger partial charge in [0.1, 0.15) is 23.0 Å². The fraction of sp³-hybridized carbons (Fsp3) is 0.312. The van der Waals surface area contributed by atoms with Crippen LogP contribution in [0.3, 0.4) is 0 Å². The number of nitrogens with zero attached hydrogens (tertiary/aromatic N) is 2. The third-order valence-electron chi connectivity index (χ3n) is 6.51. The van der Waals surface area contributed by atoms with Gasteiger partial charge < -0.3 is 24.4 Å². The monoisotopic (exact) mass is 528 g/mol. The van der Waals surface area contributed by atoms with E-state index in [1.807, 2.05) is 94.4 Å². The number of likely N-dealkylation sites (tertiary alicyclic amines) is 1. The van der Waals surface area contributed by atoms with Gasteiger partial charge in [-0.25, -0.2) is 0 Å². The first-order chi connectivity index (χ1) is 18.7. The zero-order chi connectivity index (χ0) is 28.1. The molecule has 1 aliphatic rings. The fourth-order valence-electron chi connectivity index (χ4n) is 4.73. The lowest BCUT2D eigenvalue weighted by molar-refractivity contribution is -0.139. The van der Waals surface area contributed by atoms with Gasteiger partial charge in [0.2, 0.25) is 0 Å².